The van der Waals surface area contributed by atoms with Crippen LogP contribution in [0.5, 0.6) is 5.75 Å². The average Bonchev–Trinajstić information content (AvgIpc) is 3.19. The molecule has 0 amide bonds. The highest BCUT2D eigenvalue weighted by atomic mass is 32.2. The number of aromatic nitrogens is 3. The lowest BCUT2D eigenvalue weighted by Crippen LogP contribution is -2.31. The van der Waals surface area contributed by atoms with Crippen LogP contribution in [0.3, 0.4) is 0 Å². The van der Waals surface area contributed by atoms with Gasteiger partial charge in [0.1, 0.15) is 28.6 Å². The first-order valence-corrected chi connectivity index (χ1v) is 10.2. The van der Waals surface area contributed by atoms with Gasteiger partial charge in [0.25, 0.3) is 10.0 Å². The van der Waals surface area contributed by atoms with E-state index in [2.05, 4.69) is 10.2 Å². The number of fused-ring (bicyclic) bond motifs is 1. The molecule has 0 atom stereocenters. The number of pyridine rings is 1. The summed E-state index contributed by atoms with van der Waals surface area (Å²) in [6, 6.07) is 12.2. The molecule has 0 fully saturated rings. The zero-order valence-electron chi connectivity index (χ0n) is 15.7. The van der Waals surface area contributed by atoms with Crippen LogP contribution in [0.25, 0.3) is 5.65 Å². The SMILES string of the molecule is COc1cccc(N(Cc2cc(F)cc(F)c2)S(=O)(=O)c2ccc3nncn3c2)c1. The molecule has 0 aliphatic carbocycles. The molecular formula is C20H16F2N4O3S. The summed E-state index contributed by atoms with van der Waals surface area (Å²) in [4.78, 5) is -0.0329. The van der Waals surface area contributed by atoms with E-state index in [4.69, 9.17) is 4.74 Å². The fourth-order valence-corrected chi connectivity index (χ4v) is 4.49. The molecule has 30 heavy (non-hydrogen) atoms. The molecule has 0 radical (unpaired) electrons. The summed E-state index contributed by atoms with van der Waals surface area (Å²) in [5.41, 5.74) is 0.918. The number of hydrogen-bond acceptors (Lipinski definition) is 5. The summed E-state index contributed by atoms with van der Waals surface area (Å²) in [5.74, 6) is -1.15. The number of benzene rings is 2. The molecule has 0 unspecified atom stereocenters. The van der Waals surface area contributed by atoms with Crippen LogP contribution < -0.4 is 9.04 Å². The zero-order chi connectivity index (χ0) is 21.3. The summed E-state index contributed by atoms with van der Waals surface area (Å²) >= 11 is 0. The highest BCUT2D eigenvalue weighted by Crippen LogP contribution is 2.29. The fourth-order valence-electron chi connectivity index (χ4n) is 3.04. The van der Waals surface area contributed by atoms with E-state index in [0.717, 1.165) is 22.5 Å². The Kier molecular flexibility index (Phi) is 5.08. The number of hydrogen-bond donors (Lipinski definition) is 0. The van der Waals surface area contributed by atoms with Crippen molar-refractivity contribution in [1.82, 2.24) is 14.6 Å². The molecule has 0 aliphatic heterocycles. The topological polar surface area (TPSA) is 76.8 Å². The van der Waals surface area contributed by atoms with Crippen molar-refractivity contribution in [2.45, 2.75) is 11.4 Å². The molecule has 0 saturated heterocycles. The van der Waals surface area contributed by atoms with E-state index in [1.165, 1.54) is 42.2 Å². The molecule has 10 heteroatoms. The molecule has 4 rings (SSSR count). The molecule has 2 aromatic carbocycles. The normalized spacial score (nSPS) is 11.6. The molecule has 0 saturated carbocycles. The van der Waals surface area contributed by atoms with Crippen molar-refractivity contribution < 1.29 is 21.9 Å². The van der Waals surface area contributed by atoms with Crippen molar-refractivity contribution in [1.29, 1.82) is 0 Å². The number of anilines is 1. The van der Waals surface area contributed by atoms with E-state index in [-0.39, 0.29) is 22.7 Å². The molecule has 0 spiro atoms. The molecule has 0 bridgehead atoms. The van der Waals surface area contributed by atoms with E-state index < -0.39 is 21.7 Å². The van der Waals surface area contributed by atoms with Gasteiger partial charge in [0, 0.05) is 18.3 Å². The van der Waals surface area contributed by atoms with Gasteiger partial charge in [0.15, 0.2) is 5.65 Å². The maximum atomic E-state index is 13.7. The van der Waals surface area contributed by atoms with Crippen molar-refractivity contribution in [2.24, 2.45) is 0 Å². The lowest BCUT2D eigenvalue weighted by molar-refractivity contribution is 0.415. The Balaban J connectivity index is 1.84. The van der Waals surface area contributed by atoms with E-state index >= 15 is 0 Å². The van der Waals surface area contributed by atoms with Crippen molar-refractivity contribution in [3.8, 4) is 5.75 Å². The van der Waals surface area contributed by atoms with Crippen molar-refractivity contribution >= 4 is 21.4 Å². The molecule has 0 N–H and O–H groups in total. The minimum Gasteiger partial charge on any atom is -0.497 e. The lowest BCUT2D eigenvalue weighted by Gasteiger charge is -2.25. The number of halogens is 2. The third-order valence-electron chi connectivity index (χ3n) is 4.44. The number of sulfonamides is 1. The predicted octanol–water partition coefficient (Wildman–Crippen LogP) is 3.41. The van der Waals surface area contributed by atoms with E-state index in [0.29, 0.717) is 11.4 Å². The van der Waals surface area contributed by atoms with Crippen LogP contribution in [0, 0.1) is 11.6 Å². The van der Waals surface area contributed by atoms with Crippen molar-refractivity contribution in [3.63, 3.8) is 0 Å². The van der Waals surface area contributed by atoms with Crippen LogP contribution in [0.4, 0.5) is 14.5 Å². The van der Waals surface area contributed by atoms with Crippen molar-refractivity contribution in [2.75, 3.05) is 11.4 Å². The van der Waals surface area contributed by atoms with Gasteiger partial charge in [-0.05, 0) is 42.0 Å². The largest absolute Gasteiger partial charge is 0.497 e. The van der Waals surface area contributed by atoms with Gasteiger partial charge in [-0.1, -0.05) is 6.07 Å². The summed E-state index contributed by atoms with van der Waals surface area (Å²) in [6.07, 6.45) is 2.76. The Morgan fingerprint density at radius 3 is 2.57 bits per heavy atom. The van der Waals surface area contributed by atoms with Crippen LogP contribution in [-0.4, -0.2) is 30.1 Å². The van der Waals surface area contributed by atoms with Gasteiger partial charge in [-0.15, -0.1) is 10.2 Å². The molecule has 0 aliphatic rings. The first kappa shape index (κ1) is 19.8. The monoisotopic (exact) mass is 430 g/mol. The molecule has 7 nitrogen and oxygen atoms in total. The zero-order valence-corrected chi connectivity index (χ0v) is 16.6. The smallest absolute Gasteiger partial charge is 0.266 e. The molecule has 2 heterocycles. The highest BCUT2D eigenvalue weighted by molar-refractivity contribution is 7.92. The number of ether oxygens (including phenoxy) is 1. The number of rotatable bonds is 6. The Hall–Kier alpha value is -3.53. The summed E-state index contributed by atoms with van der Waals surface area (Å²) in [5, 5.41) is 7.60. The van der Waals surface area contributed by atoms with Gasteiger partial charge in [-0.25, -0.2) is 17.2 Å². The third kappa shape index (κ3) is 3.81. The summed E-state index contributed by atoms with van der Waals surface area (Å²) in [7, 11) is -2.66. The molecule has 2 aromatic heterocycles. The van der Waals surface area contributed by atoms with Crippen molar-refractivity contribution in [3.05, 3.63) is 84.3 Å². The third-order valence-corrected chi connectivity index (χ3v) is 6.20. The van der Waals surface area contributed by atoms with Crippen LogP contribution in [0.1, 0.15) is 5.56 Å². The maximum Gasteiger partial charge on any atom is 0.266 e. The second-order valence-corrected chi connectivity index (χ2v) is 8.31. The van der Waals surface area contributed by atoms with Crippen LogP contribution in [-0.2, 0) is 16.6 Å². The Labute approximate surface area is 171 Å². The van der Waals surface area contributed by atoms with E-state index in [9.17, 15) is 17.2 Å². The maximum absolute atomic E-state index is 13.7. The standard InChI is InChI=1S/C20H16F2N4O3S/c1-29-18-4-2-3-17(10-18)26(11-14-7-15(21)9-16(22)8-14)30(27,28)19-5-6-20-24-23-13-25(20)12-19/h2-10,12-13H,11H2,1H3. The predicted molar refractivity (Wildman–Crippen MR) is 106 cm³/mol. The van der Waals surface area contributed by atoms with Gasteiger partial charge >= 0.3 is 0 Å². The minimum absolute atomic E-state index is 0.0329. The van der Waals surface area contributed by atoms with E-state index in [1.807, 2.05) is 0 Å². The van der Waals surface area contributed by atoms with Gasteiger partial charge in [-0.2, -0.15) is 0 Å². The fraction of sp³-hybridized carbons (Fsp3) is 0.100. The Morgan fingerprint density at radius 1 is 1.07 bits per heavy atom. The first-order valence-electron chi connectivity index (χ1n) is 8.78. The van der Waals surface area contributed by atoms with Gasteiger partial charge in [0.2, 0.25) is 0 Å². The quantitative estimate of drug-likeness (QED) is 0.469. The van der Waals surface area contributed by atoms with E-state index in [1.54, 1.807) is 18.2 Å². The minimum atomic E-state index is -4.12. The van der Waals surface area contributed by atoms with Crippen LogP contribution in [0.15, 0.2) is 72.0 Å². The lowest BCUT2D eigenvalue weighted by atomic mass is 10.2. The number of nitrogens with zero attached hydrogens (tertiary/aromatic N) is 4. The number of methoxy groups -OCH3 is 1. The molecule has 154 valence electrons. The van der Waals surface area contributed by atoms with Gasteiger partial charge in [-0.3, -0.25) is 8.71 Å². The van der Waals surface area contributed by atoms with Crippen LogP contribution in [0.2, 0.25) is 0 Å². The molecular weight excluding hydrogens is 414 g/mol. The van der Waals surface area contributed by atoms with Gasteiger partial charge < -0.3 is 4.74 Å². The summed E-state index contributed by atoms with van der Waals surface area (Å²) < 4.78 is 62.2. The Morgan fingerprint density at radius 2 is 1.83 bits per heavy atom. The average molecular weight is 430 g/mol. The first-order chi connectivity index (χ1) is 14.4. The summed E-state index contributed by atoms with van der Waals surface area (Å²) in [6.45, 7) is -0.287. The second kappa shape index (κ2) is 7.71. The Bertz CT molecular complexity index is 1300. The van der Waals surface area contributed by atoms with Gasteiger partial charge in [0.05, 0.1) is 19.3 Å². The highest BCUT2D eigenvalue weighted by Gasteiger charge is 2.26. The second-order valence-electron chi connectivity index (χ2n) is 6.45. The van der Waals surface area contributed by atoms with Crippen LogP contribution >= 0.6 is 0 Å². The molecule has 4 aromatic rings.